The molecule has 3 atom stereocenters. The Labute approximate surface area is 80.0 Å². The van der Waals surface area contributed by atoms with Gasteiger partial charge in [-0.1, -0.05) is 37.3 Å². The minimum Gasteiger partial charge on any atom is -0.0622 e. The van der Waals surface area contributed by atoms with Crippen LogP contribution in [0.15, 0.2) is 30.3 Å². The third kappa shape index (κ3) is 1.12. The molecule has 0 aliphatic heterocycles. The Hall–Kier alpha value is -0.780. The van der Waals surface area contributed by atoms with Crippen molar-refractivity contribution in [1.82, 2.24) is 0 Å². The summed E-state index contributed by atoms with van der Waals surface area (Å²) in [5.41, 5.74) is 2.30. The highest BCUT2D eigenvalue weighted by molar-refractivity contribution is 5.24. The fourth-order valence-corrected chi connectivity index (χ4v) is 3.09. The van der Waals surface area contributed by atoms with Crippen molar-refractivity contribution in [3.05, 3.63) is 35.9 Å². The maximum atomic E-state index is 2.46. The third-order valence-corrected chi connectivity index (χ3v) is 4.09. The second-order valence-electron chi connectivity index (χ2n) is 5.10. The van der Waals surface area contributed by atoms with Crippen molar-refractivity contribution >= 4 is 0 Å². The molecule has 0 saturated heterocycles. The third-order valence-electron chi connectivity index (χ3n) is 4.09. The van der Waals surface area contributed by atoms with E-state index in [1.807, 2.05) is 0 Å². The van der Waals surface area contributed by atoms with Crippen molar-refractivity contribution in [1.29, 1.82) is 0 Å². The second-order valence-corrected chi connectivity index (χ2v) is 5.10. The standard InChI is InChI=1S/C13H16/c1-13-8-11(7-12(13)9-13)10-5-3-2-4-6-10/h2-6,11-12H,7-9H2,1H3/t11-,12-,13+/m1/s1. The first-order chi connectivity index (χ1) is 6.28. The molecule has 0 N–H and O–H groups in total. The SMILES string of the molecule is C[C@@]12C[C@H](c3ccccc3)C[C@@H]1C2. The van der Waals surface area contributed by atoms with Gasteiger partial charge in [-0.25, -0.2) is 0 Å². The van der Waals surface area contributed by atoms with E-state index in [4.69, 9.17) is 0 Å². The lowest BCUT2D eigenvalue weighted by Gasteiger charge is -2.13. The molecular formula is C13H16. The van der Waals surface area contributed by atoms with Gasteiger partial charge in [0.25, 0.3) is 0 Å². The minimum absolute atomic E-state index is 0.737. The van der Waals surface area contributed by atoms with Crippen LogP contribution in [-0.2, 0) is 0 Å². The van der Waals surface area contributed by atoms with Crippen LogP contribution in [0.4, 0.5) is 0 Å². The van der Waals surface area contributed by atoms with E-state index >= 15 is 0 Å². The Bertz CT molecular complexity index is 314. The van der Waals surface area contributed by atoms with Crippen LogP contribution in [0.3, 0.4) is 0 Å². The molecule has 2 aliphatic carbocycles. The van der Waals surface area contributed by atoms with E-state index in [1.165, 1.54) is 19.3 Å². The van der Waals surface area contributed by atoms with Crippen LogP contribution in [-0.4, -0.2) is 0 Å². The van der Waals surface area contributed by atoms with Gasteiger partial charge in [0.1, 0.15) is 0 Å². The van der Waals surface area contributed by atoms with E-state index in [-0.39, 0.29) is 0 Å². The molecule has 2 fully saturated rings. The van der Waals surface area contributed by atoms with Crippen LogP contribution in [0.5, 0.6) is 0 Å². The van der Waals surface area contributed by atoms with Crippen LogP contribution in [0.1, 0.15) is 37.7 Å². The van der Waals surface area contributed by atoms with Gasteiger partial charge in [0, 0.05) is 0 Å². The van der Waals surface area contributed by atoms with Gasteiger partial charge in [0.05, 0.1) is 0 Å². The predicted molar refractivity (Wildman–Crippen MR) is 54.6 cm³/mol. The van der Waals surface area contributed by atoms with Crippen molar-refractivity contribution in [2.75, 3.05) is 0 Å². The molecule has 0 spiro atoms. The average molecular weight is 172 g/mol. The monoisotopic (exact) mass is 172 g/mol. The summed E-state index contributed by atoms with van der Waals surface area (Å²) in [6.07, 6.45) is 4.37. The topological polar surface area (TPSA) is 0 Å². The zero-order valence-corrected chi connectivity index (χ0v) is 8.16. The molecule has 3 rings (SSSR count). The van der Waals surface area contributed by atoms with Crippen LogP contribution < -0.4 is 0 Å². The first-order valence-electron chi connectivity index (χ1n) is 5.33. The maximum Gasteiger partial charge on any atom is -0.0154 e. The largest absolute Gasteiger partial charge is 0.0622 e. The van der Waals surface area contributed by atoms with Gasteiger partial charge < -0.3 is 0 Å². The molecule has 0 amide bonds. The molecule has 0 nitrogen and oxygen atoms in total. The Morgan fingerprint density at radius 2 is 1.92 bits per heavy atom. The molecule has 0 heterocycles. The number of fused-ring (bicyclic) bond motifs is 1. The highest BCUT2D eigenvalue weighted by Crippen LogP contribution is 2.67. The first kappa shape index (κ1) is 7.61. The van der Waals surface area contributed by atoms with E-state index in [9.17, 15) is 0 Å². The van der Waals surface area contributed by atoms with Gasteiger partial charge in [-0.15, -0.1) is 0 Å². The molecule has 0 aromatic heterocycles. The smallest absolute Gasteiger partial charge is 0.0154 e. The predicted octanol–water partition coefficient (Wildman–Crippen LogP) is 3.59. The Balaban J connectivity index is 1.82. The zero-order valence-electron chi connectivity index (χ0n) is 8.16. The summed E-state index contributed by atoms with van der Waals surface area (Å²) in [6.45, 7) is 2.46. The number of hydrogen-bond donors (Lipinski definition) is 0. The van der Waals surface area contributed by atoms with Crippen LogP contribution in [0.25, 0.3) is 0 Å². The summed E-state index contributed by atoms with van der Waals surface area (Å²) in [5.74, 6) is 1.92. The average Bonchev–Trinajstić information content (AvgIpc) is 2.67. The van der Waals surface area contributed by atoms with E-state index in [1.54, 1.807) is 5.56 Å². The van der Waals surface area contributed by atoms with Crippen molar-refractivity contribution in [2.24, 2.45) is 11.3 Å². The number of benzene rings is 1. The van der Waals surface area contributed by atoms with E-state index in [0.717, 1.165) is 17.3 Å². The molecule has 2 saturated carbocycles. The molecule has 2 aliphatic rings. The number of rotatable bonds is 1. The van der Waals surface area contributed by atoms with Gasteiger partial charge in [-0.2, -0.15) is 0 Å². The Morgan fingerprint density at radius 3 is 2.54 bits per heavy atom. The maximum absolute atomic E-state index is 2.46. The van der Waals surface area contributed by atoms with Crippen LogP contribution in [0, 0.1) is 11.3 Å². The van der Waals surface area contributed by atoms with E-state index in [0.29, 0.717) is 0 Å². The lowest BCUT2D eigenvalue weighted by molar-refractivity contribution is 0.516. The summed E-state index contributed by atoms with van der Waals surface area (Å²) >= 11 is 0. The fourth-order valence-electron chi connectivity index (χ4n) is 3.09. The molecule has 0 radical (unpaired) electrons. The highest BCUT2D eigenvalue weighted by atomic mass is 14.6. The van der Waals surface area contributed by atoms with Gasteiger partial charge in [0.2, 0.25) is 0 Å². The summed E-state index contributed by atoms with van der Waals surface area (Å²) in [6, 6.07) is 11.0. The normalized spacial score (nSPS) is 41.6. The molecular weight excluding hydrogens is 156 g/mol. The number of hydrogen-bond acceptors (Lipinski definition) is 0. The summed E-state index contributed by atoms with van der Waals surface area (Å²) < 4.78 is 0. The molecule has 1 aromatic carbocycles. The van der Waals surface area contributed by atoms with Gasteiger partial charge in [-0.3, -0.25) is 0 Å². The Morgan fingerprint density at radius 1 is 1.15 bits per heavy atom. The highest BCUT2D eigenvalue weighted by Gasteiger charge is 2.56. The molecule has 13 heavy (non-hydrogen) atoms. The quantitative estimate of drug-likeness (QED) is 0.607. The summed E-state index contributed by atoms with van der Waals surface area (Å²) in [7, 11) is 0. The van der Waals surface area contributed by atoms with Crippen LogP contribution in [0.2, 0.25) is 0 Å². The molecule has 1 aromatic rings. The van der Waals surface area contributed by atoms with E-state index in [2.05, 4.69) is 37.3 Å². The van der Waals surface area contributed by atoms with Gasteiger partial charge >= 0.3 is 0 Å². The van der Waals surface area contributed by atoms with Crippen molar-refractivity contribution in [3.63, 3.8) is 0 Å². The van der Waals surface area contributed by atoms with Gasteiger partial charge in [0.15, 0.2) is 0 Å². The molecule has 68 valence electrons. The van der Waals surface area contributed by atoms with Crippen LogP contribution >= 0.6 is 0 Å². The van der Waals surface area contributed by atoms with Crippen molar-refractivity contribution < 1.29 is 0 Å². The van der Waals surface area contributed by atoms with Gasteiger partial charge in [-0.05, 0) is 42.1 Å². The van der Waals surface area contributed by atoms with Crippen molar-refractivity contribution in [3.8, 4) is 0 Å². The lowest BCUT2D eigenvalue weighted by Crippen LogP contribution is -1.98. The molecule has 0 unspecified atom stereocenters. The second kappa shape index (κ2) is 2.37. The fraction of sp³-hybridized carbons (Fsp3) is 0.538. The molecule has 0 bridgehead atoms. The molecule has 0 heteroatoms. The van der Waals surface area contributed by atoms with E-state index < -0.39 is 0 Å². The Kier molecular flexibility index (Phi) is 1.39. The zero-order chi connectivity index (χ0) is 8.89. The summed E-state index contributed by atoms with van der Waals surface area (Å²) in [5, 5.41) is 0. The summed E-state index contributed by atoms with van der Waals surface area (Å²) in [4.78, 5) is 0. The van der Waals surface area contributed by atoms with Crippen molar-refractivity contribution in [2.45, 2.75) is 32.1 Å². The minimum atomic E-state index is 0.737. The lowest BCUT2D eigenvalue weighted by atomic mass is 9.92. The first-order valence-corrected chi connectivity index (χ1v) is 5.33.